The fourth-order valence-electron chi connectivity index (χ4n) is 0.812. The number of thiophene rings is 1. The van der Waals surface area contributed by atoms with Crippen LogP contribution in [0.3, 0.4) is 0 Å². The van der Waals surface area contributed by atoms with Gasteiger partial charge in [0.1, 0.15) is 5.60 Å². The molecule has 6 heteroatoms. The van der Waals surface area contributed by atoms with Crippen LogP contribution in [0, 0.1) is 0 Å². The van der Waals surface area contributed by atoms with Crippen LogP contribution < -0.4 is 5.32 Å². The summed E-state index contributed by atoms with van der Waals surface area (Å²) in [6.07, 6.45) is -0.441. The Labute approximate surface area is 109 Å². The molecule has 0 fully saturated rings. The summed E-state index contributed by atoms with van der Waals surface area (Å²) in [5.41, 5.74) is -0.476. The molecule has 84 valence electrons. The van der Waals surface area contributed by atoms with Crippen LogP contribution in [-0.4, -0.2) is 11.7 Å². The first kappa shape index (κ1) is 13.0. The van der Waals surface area contributed by atoms with E-state index in [1.54, 1.807) is 0 Å². The van der Waals surface area contributed by atoms with Gasteiger partial charge in [0.05, 0.1) is 8.79 Å². The number of amides is 1. The van der Waals surface area contributed by atoms with Crippen molar-refractivity contribution in [2.75, 3.05) is 5.32 Å². The topological polar surface area (TPSA) is 38.3 Å². The average Bonchev–Trinajstić information content (AvgIpc) is 2.26. The van der Waals surface area contributed by atoms with Crippen LogP contribution in [0.25, 0.3) is 0 Å². The third-order valence-corrected chi connectivity index (χ3v) is 4.44. The Morgan fingerprint density at radius 3 is 2.47 bits per heavy atom. The van der Waals surface area contributed by atoms with Crippen molar-refractivity contribution >= 4 is 54.3 Å². The Bertz CT molecular complexity index is 351. The van der Waals surface area contributed by atoms with E-state index in [-0.39, 0.29) is 0 Å². The largest absolute Gasteiger partial charge is 0.444 e. The third-order valence-electron chi connectivity index (χ3n) is 1.27. The van der Waals surface area contributed by atoms with Gasteiger partial charge >= 0.3 is 6.09 Å². The molecule has 0 aliphatic rings. The molecule has 0 aliphatic heterocycles. The monoisotopic (exact) mass is 355 g/mol. The molecular weight excluding hydrogens is 346 g/mol. The second-order valence-corrected chi connectivity index (χ2v) is 7.08. The molecule has 0 bridgehead atoms. The first-order valence-electron chi connectivity index (χ1n) is 4.23. The van der Waals surface area contributed by atoms with Gasteiger partial charge in [-0.15, -0.1) is 11.3 Å². The third kappa shape index (κ3) is 4.53. The van der Waals surface area contributed by atoms with Gasteiger partial charge in [-0.3, -0.25) is 5.32 Å². The van der Waals surface area contributed by atoms with Gasteiger partial charge in [-0.25, -0.2) is 4.79 Å². The fourth-order valence-corrected chi connectivity index (χ4v) is 2.73. The van der Waals surface area contributed by atoms with Gasteiger partial charge in [-0.2, -0.15) is 0 Å². The van der Waals surface area contributed by atoms with Crippen LogP contribution in [0.1, 0.15) is 20.8 Å². The molecule has 0 aliphatic carbocycles. The Morgan fingerprint density at radius 1 is 1.47 bits per heavy atom. The number of ether oxygens (including phenoxy) is 1. The van der Waals surface area contributed by atoms with Crippen molar-refractivity contribution in [3.05, 3.63) is 14.3 Å². The van der Waals surface area contributed by atoms with E-state index in [4.69, 9.17) is 4.74 Å². The molecule has 1 aromatic heterocycles. The summed E-state index contributed by atoms with van der Waals surface area (Å²) in [4.78, 5) is 11.4. The highest BCUT2D eigenvalue weighted by molar-refractivity contribution is 9.13. The van der Waals surface area contributed by atoms with E-state index >= 15 is 0 Å². The molecule has 0 atom stereocenters. The van der Waals surface area contributed by atoms with Crippen LogP contribution in [0.2, 0.25) is 0 Å². The van der Waals surface area contributed by atoms with Gasteiger partial charge < -0.3 is 4.74 Å². The molecule has 0 aromatic carbocycles. The molecule has 15 heavy (non-hydrogen) atoms. The number of nitrogens with one attached hydrogen (secondary N) is 1. The SMILES string of the molecule is CC(C)(C)OC(=O)Nc1cc(Br)c(Br)s1. The quantitative estimate of drug-likeness (QED) is 0.797. The first-order valence-corrected chi connectivity index (χ1v) is 6.63. The van der Waals surface area contributed by atoms with E-state index in [0.717, 1.165) is 13.3 Å². The number of carbonyl (C=O) groups excluding carboxylic acids is 1. The van der Waals surface area contributed by atoms with Crippen molar-refractivity contribution in [2.24, 2.45) is 0 Å². The Hall–Kier alpha value is -0.0700. The lowest BCUT2D eigenvalue weighted by Crippen LogP contribution is -2.26. The van der Waals surface area contributed by atoms with Crippen molar-refractivity contribution in [1.29, 1.82) is 0 Å². The molecule has 0 saturated carbocycles. The summed E-state index contributed by atoms with van der Waals surface area (Å²) in [7, 11) is 0. The highest BCUT2D eigenvalue weighted by Crippen LogP contribution is 2.35. The van der Waals surface area contributed by atoms with E-state index < -0.39 is 11.7 Å². The number of anilines is 1. The van der Waals surface area contributed by atoms with Crippen molar-refractivity contribution in [3.8, 4) is 0 Å². The van der Waals surface area contributed by atoms with Crippen molar-refractivity contribution in [2.45, 2.75) is 26.4 Å². The first-order chi connectivity index (χ1) is 6.78. The molecule has 1 rings (SSSR count). The summed E-state index contributed by atoms with van der Waals surface area (Å²) in [5, 5.41) is 3.40. The minimum absolute atomic E-state index is 0.441. The number of carbonyl (C=O) groups is 1. The molecule has 0 saturated heterocycles. The Morgan fingerprint density at radius 2 is 2.07 bits per heavy atom. The van der Waals surface area contributed by atoms with E-state index in [0.29, 0.717) is 0 Å². The fraction of sp³-hybridized carbons (Fsp3) is 0.444. The van der Waals surface area contributed by atoms with Crippen LogP contribution in [0.5, 0.6) is 0 Å². The van der Waals surface area contributed by atoms with Crippen LogP contribution in [0.15, 0.2) is 14.3 Å². The standard InChI is InChI=1S/C9H11Br2NO2S/c1-9(2,3)14-8(13)12-6-4-5(10)7(11)15-6/h4H,1-3H3,(H,12,13). The van der Waals surface area contributed by atoms with Gasteiger partial charge in [0, 0.05) is 4.47 Å². The zero-order chi connectivity index (χ0) is 11.6. The molecule has 0 unspecified atom stereocenters. The number of halogens is 2. The molecule has 1 aromatic rings. The molecule has 0 radical (unpaired) electrons. The van der Waals surface area contributed by atoms with Crippen LogP contribution in [-0.2, 0) is 4.74 Å². The van der Waals surface area contributed by atoms with E-state index in [1.165, 1.54) is 11.3 Å². The van der Waals surface area contributed by atoms with Gasteiger partial charge in [0.2, 0.25) is 0 Å². The minimum Gasteiger partial charge on any atom is -0.444 e. The van der Waals surface area contributed by atoms with E-state index in [2.05, 4.69) is 37.2 Å². The normalized spacial score (nSPS) is 11.3. The Balaban J connectivity index is 2.59. The molecular formula is C9H11Br2NO2S. The van der Waals surface area contributed by atoms with Crippen molar-refractivity contribution in [1.82, 2.24) is 0 Å². The summed E-state index contributed by atoms with van der Waals surface area (Å²) < 4.78 is 6.97. The zero-order valence-corrected chi connectivity index (χ0v) is 12.5. The molecule has 0 spiro atoms. The maximum atomic E-state index is 11.4. The van der Waals surface area contributed by atoms with Gasteiger partial charge in [0.25, 0.3) is 0 Å². The van der Waals surface area contributed by atoms with Gasteiger partial charge in [-0.1, -0.05) is 0 Å². The molecule has 1 amide bonds. The predicted octanol–water partition coefficient (Wildman–Crippen LogP) is 4.62. The lowest BCUT2D eigenvalue weighted by molar-refractivity contribution is 0.0636. The average molecular weight is 357 g/mol. The van der Waals surface area contributed by atoms with Crippen molar-refractivity contribution < 1.29 is 9.53 Å². The summed E-state index contributed by atoms with van der Waals surface area (Å²) in [5.74, 6) is 0. The summed E-state index contributed by atoms with van der Waals surface area (Å²) >= 11 is 8.11. The van der Waals surface area contributed by atoms with Crippen LogP contribution >= 0.6 is 43.2 Å². The number of hydrogen-bond donors (Lipinski definition) is 1. The smallest absolute Gasteiger partial charge is 0.412 e. The van der Waals surface area contributed by atoms with Crippen molar-refractivity contribution in [3.63, 3.8) is 0 Å². The molecule has 1 heterocycles. The second-order valence-electron chi connectivity index (χ2n) is 3.86. The molecule has 3 nitrogen and oxygen atoms in total. The number of hydrogen-bond acceptors (Lipinski definition) is 3. The maximum absolute atomic E-state index is 11.4. The minimum atomic E-state index is -0.476. The zero-order valence-electron chi connectivity index (χ0n) is 8.56. The maximum Gasteiger partial charge on any atom is 0.412 e. The number of rotatable bonds is 1. The van der Waals surface area contributed by atoms with Crippen LogP contribution in [0.4, 0.5) is 9.80 Å². The van der Waals surface area contributed by atoms with E-state index in [9.17, 15) is 4.79 Å². The molecule has 1 N–H and O–H groups in total. The highest BCUT2D eigenvalue weighted by Gasteiger charge is 2.17. The van der Waals surface area contributed by atoms with Gasteiger partial charge in [0.15, 0.2) is 0 Å². The summed E-state index contributed by atoms with van der Waals surface area (Å²) in [6, 6.07) is 1.82. The predicted molar refractivity (Wildman–Crippen MR) is 69.6 cm³/mol. The van der Waals surface area contributed by atoms with Gasteiger partial charge in [-0.05, 0) is 58.7 Å². The lowest BCUT2D eigenvalue weighted by Gasteiger charge is -2.19. The lowest BCUT2D eigenvalue weighted by atomic mass is 10.2. The summed E-state index contributed by atoms with van der Waals surface area (Å²) in [6.45, 7) is 5.48. The van der Waals surface area contributed by atoms with E-state index in [1.807, 2.05) is 26.8 Å². The highest BCUT2D eigenvalue weighted by atomic mass is 79.9. The Kier molecular flexibility index (Phi) is 4.20. The second kappa shape index (κ2) is 4.84.